The zero-order valence-electron chi connectivity index (χ0n) is 13.4. The molecule has 0 bridgehead atoms. The molecule has 1 saturated heterocycles. The first kappa shape index (κ1) is 15.3. The molecule has 0 aromatic carbocycles. The van der Waals surface area contributed by atoms with Gasteiger partial charge in [0.25, 0.3) is 0 Å². The van der Waals surface area contributed by atoms with Crippen LogP contribution in [0.15, 0.2) is 18.2 Å². The van der Waals surface area contributed by atoms with Crippen LogP contribution >= 0.6 is 0 Å². The van der Waals surface area contributed by atoms with Gasteiger partial charge < -0.3 is 10.2 Å². The molecule has 0 spiro atoms. The van der Waals surface area contributed by atoms with Gasteiger partial charge in [-0.2, -0.15) is 0 Å². The van der Waals surface area contributed by atoms with E-state index in [1.165, 1.54) is 0 Å². The van der Waals surface area contributed by atoms with Gasteiger partial charge in [0, 0.05) is 37.8 Å². The first-order chi connectivity index (χ1) is 9.47. The Morgan fingerprint density at radius 2 is 1.90 bits per heavy atom. The van der Waals surface area contributed by atoms with Crippen LogP contribution in [0.1, 0.15) is 33.4 Å². The predicted molar refractivity (Wildman–Crippen MR) is 85.1 cm³/mol. The number of piperazine rings is 1. The minimum absolute atomic E-state index is 0.490. The van der Waals surface area contributed by atoms with E-state index in [1.54, 1.807) is 0 Å². The molecular formula is C16H28N4. The molecule has 2 heterocycles. The third kappa shape index (κ3) is 3.70. The van der Waals surface area contributed by atoms with Gasteiger partial charge in [-0.05, 0) is 33.0 Å². The number of likely N-dealkylation sites (N-methyl/N-ethyl adjacent to an activating group) is 1. The Kier molecular flexibility index (Phi) is 5.00. The quantitative estimate of drug-likeness (QED) is 0.912. The maximum Gasteiger partial charge on any atom is 0.128 e. The first-order valence-corrected chi connectivity index (χ1v) is 7.63. The van der Waals surface area contributed by atoms with Crippen LogP contribution in [-0.2, 0) is 6.54 Å². The van der Waals surface area contributed by atoms with Gasteiger partial charge in [-0.3, -0.25) is 4.90 Å². The summed E-state index contributed by atoms with van der Waals surface area (Å²) in [6.45, 7) is 11.8. The summed E-state index contributed by atoms with van der Waals surface area (Å²) in [6, 6.07) is 7.97. The molecule has 1 fully saturated rings. The Balaban J connectivity index is 2.07. The van der Waals surface area contributed by atoms with Crippen molar-refractivity contribution in [3.05, 3.63) is 23.9 Å². The van der Waals surface area contributed by atoms with Crippen LogP contribution < -0.4 is 10.2 Å². The zero-order valence-corrected chi connectivity index (χ0v) is 13.4. The van der Waals surface area contributed by atoms with Gasteiger partial charge in [0.1, 0.15) is 5.82 Å². The Hall–Kier alpha value is -1.13. The molecule has 0 amide bonds. The lowest BCUT2D eigenvalue weighted by Crippen LogP contribution is -2.55. The average Bonchev–Trinajstić information content (AvgIpc) is 2.42. The summed E-state index contributed by atoms with van der Waals surface area (Å²) < 4.78 is 0. The highest BCUT2D eigenvalue weighted by Gasteiger charge is 2.27. The van der Waals surface area contributed by atoms with E-state index >= 15 is 0 Å². The number of hydrogen-bond acceptors (Lipinski definition) is 4. The third-order valence-electron chi connectivity index (χ3n) is 4.17. The van der Waals surface area contributed by atoms with Crippen molar-refractivity contribution in [1.29, 1.82) is 0 Å². The minimum atomic E-state index is 0.490. The fourth-order valence-electron chi connectivity index (χ4n) is 2.64. The zero-order chi connectivity index (χ0) is 14.7. The molecule has 0 saturated carbocycles. The van der Waals surface area contributed by atoms with Gasteiger partial charge in [-0.1, -0.05) is 19.9 Å². The lowest BCUT2D eigenvalue weighted by atomic mass is 10.1. The number of anilines is 1. The second-order valence-electron chi connectivity index (χ2n) is 6.29. The lowest BCUT2D eigenvalue weighted by Gasteiger charge is -2.43. The highest BCUT2D eigenvalue weighted by Crippen LogP contribution is 2.19. The highest BCUT2D eigenvalue weighted by molar-refractivity contribution is 5.40. The number of pyridine rings is 1. The highest BCUT2D eigenvalue weighted by atomic mass is 15.3. The van der Waals surface area contributed by atoms with E-state index in [9.17, 15) is 0 Å². The van der Waals surface area contributed by atoms with Crippen molar-refractivity contribution in [3.63, 3.8) is 0 Å². The summed E-state index contributed by atoms with van der Waals surface area (Å²) in [5, 5.41) is 3.43. The molecule has 20 heavy (non-hydrogen) atoms. The maximum absolute atomic E-state index is 4.81. The fraction of sp³-hybridized carbons (Fsp3) is 0.688. The number of rotatable bonds is 4. The van der Waals surface area contributed by atoms with Crippen LogP contribution in [0.3, 0.4) is 0 Å². The Morgan fingerprint density at radius 3 is 2.50 bits per heavy atom. The Morgan fingerprint density at radius 1 is 1.25 bits per heavy atom. The largest absolute Gasteiger partial charge is 0.353 e. The van der Waals surface area contributed by atoms with E-state index in [0.29, 0.717) is 18.1 Å². The molecular weight excluding hydrogens is 248 g/mol. The van der Waals surface area contributed by atoms with E-state index in [4.69, 9.17) is 4.98 Å². The second-order valence-corrected chi connectivity index (χ2v) is 6.29. The van der Waals surface area contributed by atoms with E-state index in [0.717, 1.165) is 31.1 Å². The summed E-state index contributed by atoms with van der Waals surface area (Å²) in [7, 11) is 2.21. The third-order valence-corrected chi connectivity index (χ3v) is 4.17. The van der Waals surface area contributed by atoms with Crippen molar-refractivity contribution < 1.29 is 0 Å². The summed E-state index contributed by atoms with van der Waals surface area (Å²) in [6.07, 6.45) is 0. The van der Waals surface area contributed by atoms with Crippen LogP contribution in [0.4, 0.5) is 5.82 Å². The van der Waals surface area contributed by atoms with Crippen LogP contribution in [-0.4, -0.2) is 48.1 Å². The van der Waals surface area contributed by atoms with Crippen molar-refractivity contribution in [1.82, 2.24) is 15.2 Å². The molecule has 1 aliphatic rings. The summed E-state index contributed by atoms with van der Waals surface area (Å²) >= 11 is 0. The monoisotopic (exact) mass is 276 g/mol. The summed E-state index contributed by atoms with van der Waals surface area (Å²) in [5.41, 5.74) is 1.12. The Labute approximate surface area is 123 Å². The van der Waals surface area contributed by atoms with Crippen molar-refractivity contribution in [2.75, 3.05) is 25.0 Å². The van der Waals surface area contributed by atoms with Gasteiger partial charge in [0.2, 0.25) is 0 Å². The van der Waals surface area contributed by atoms with Crippen molar-refractivity contribution in [2.45, 2.75) is 52.4 Å². The van der Waals surface area contributed by atoms with Crippen molar-refractivity contribution >= 4 is 5.82 Å². The fourth-order valence-corrected chi connectivity index (χ4v) is 2.64. The predicted octanol–water partition coefficient (Wildman–Crippen LogP) is 2.11. The molecule has 2 rings (SSSR count). The molecule has 2 unspecified atom stereocenters. The molecule has 1 aromatic rings. The molecule has 1 N–H and O–H groups in total. The lowest BCUT2D eigenvalue weighted by molar-refractivity contribution is 0.169. The van der Waals surface area contributed by atoms with Gasteiger partial charge in [0.15, 0.2) is 0 Å². The topological polar surface area (TPSA) is 31.4 Å². The van der Waals surface area contributed by atoms with Crippen LogP contribution in [0.2, 0.25) is 0 Å². The normalized spacial score (nSPS) is 24.4. The van der Waals surface area contributed by atoms with E-state index < -0.39 is 0 Å². The van der Waals surface area contributed by atoms with E-state index in [1.807, 2.05) is 0 Å². The SMILES string of the molecule is CC(C)NCc1cccc(N2CC(C)N(C)C(C)C2)n1. The first-order valence-electron chi connectivity index (χ1n) is 7.63. The number of hydrogen-bond donors (Lipinski definition) is 1. The molecule has 1 aromatic heterocycles. The molecule has 0 radical (unpaired) electrons. The second kappa shape index (κ2) is 6.55. The molecule has 0 aliphatic carbocycles. The maximum atomic E-state index is 4.81. The van der Waals surface area contributed by atoms with E-state index in [-0.39, 0.29) is 0 Å². The molecule has 4 nitrogen and oxygen atoms in total. The van der Waals surface area contributed by atoms with E-state index in [2.05, 4.69) is 68.1 Å². The Bertz CT molecular complexity index is 420. The summed E-state index contributed by atoms with van der Waals surface area (Å²) in [5.74, 6) is 1.11. The molecule has 112 valence electrons. The van der Waals surface area contributed by atoms with Gasteiger partial charge in [-0.25, -0.2) is 4.98 Å². The van der Waals surface area contributed by atoms with Gasteiger partial charge >= 0.3 is 0 Å². The number of nitrogens with zero attached hydrogens (tertiary/aromatic N) is 3. The molecule has 4 heteroatoms. The standard InChI is InChI=1S/C16H28N4/c1-12(2)17-9-15-7-6-8-16(18-15)20-10-13(3)19(5)14(4)11-20/h6-8,12-14,17H,9-11H2,1-5H3. The minimum Gasteiger partial charge on any atom is -0.353 e. The van der Waals surface area contributed by atoms with Crippen LogP contribution in [0, 0.1) is 0 Å². The van der Waals surface area contributed by atoms with Gasteiger partial charge in [-0.15, -0.1) is 0 Å². The number of aromatic nitrogens is 1. The number of nitrogens with one attached hydrogen (secondary N) is 1. The van der Waals surface area contributed by atoms with Crippen LogP contribution in [0.5, 0.6) is 0 Å². The van der Waals surface area contributed by atoms with Crippen molar-refractivity contribution in [3.8, 4) is 0 Å². The van der Waals surface area contributed by atoms with Crippen molar-refractivity contribution in [2.24, 2.45) is 0 Å². The van der Waals surface area contributed by atoms with Crippen LogP contribution in [0.25, 0.3) is 0 Å². The summed E-state index contributed by atoms with van der Waals surface area (Å²) in [4.78, 5) is 9.66. The smallest absolute Gasteiger partial charge is 0.128 e. The molecule has 2 atom stereocenters. The molecule has 1 aliphatic heterocycles. The van der Waals surface area contributed by atoms with Gasteiger partial charge in [0.05, 0.1) is 5.69 Å². The average molecular weight is 276 g/mol.